The highest BCUT2D eigenvalue weighted by atomic mass is 35.5. The number of rotatable bonds is 2. The number of aryl methyl sites for hydroxylation is 1. The summed E-state index contributed by atoms with van der Waals surface area (Å²) in [5.41, 5.74) is 0.855. The van der Waals surface area contributed by atoms with Gasteiger partial charge in [-0.25, -0.2) is 8.78 Å². The summed E-state index contributed by atoms with van der Waals surface area (Å²) in [4.78, 5) is 16.2. The van der Waals surface area contributed by atoms with Crippen molar-refractivity contribution < 1.29 is 13.6 Å². The topological polar surface area (TPSA) is 61.4 Å². The molecular formula is C15H22ClF2N5O. The maximum atomic E-state index is 13.3. The number of hydrogen-bond acceptors (Lipinski definition) is 5. The van der Waals surface area contributed by atoms with Crippen LogP contribution in [0.25, 0.3) is 0 Å². The molecule has 2 aliphatic heterocycles. The molecular weight excluding hydrogens is 340 g/mol. The molecule has 2 saturated heterocycles. The van der Waals surface area contributed by atoms with Gasteiger partial charge in [-0.2, -0.15) is 5.10 Å². The van der Waals surface area contributed by atoms with E-state index in [-0.39, 0.29) is 18.3 Å². The van der Waals surface area contributed by atoms with E-state index in [0.29, 0.717) is 19.6 Å². The van der Waals surface area contributed by atoms with Gasteiger partial charge in [0.15, 0.2) is 5.82 Å². The molecule has 1 amide bonds. The first-order chi connectivity index (χ1) is 10.9. The lowest BCUT2D eigenvalue weighted by molar-refractivity contribution is -0.133. The van der Waals surface area contributed by atoms with Crippen LogP contribution in [0.1, 0.15) is 18.5 Å². The predicted octanol–water partition coefficient (Wildman–Crippen LogP) is 1.24. The first-order valence-corrected chi connectivity index (χ1v) is 7.90. The fraction of sp³-hybridized carbons (Fsp3) is 0.667. The molecule has 2 aliphatic rings. The van der Waals surface area contributed by atoms with Gasteiger partial charge in [-0.15, -0.1) is 17.5 Å². The summed E-state index contributed by atoms with van der Waals surface area (Å²) >= 11 is 0. The summed E-state index contributed by atoms with van der Waals surface area (Å²) in [6.07, 6.45) is 0.375. The Morgan fingerprint density at radius 3 is 2.67 bits per heavy atom. The van der Waals surface area contributed by atoms with Crippen LogP contribution in [0.2, 0.25) is 0 Å². The van der Waals surface area contributed by atoms with Crippen molar-refractivity contribution in [2.24, 2.45) is 0 Å². The van der Waals surface area contributed by atoms with Gasteiger partial charge in [-0.1, -0.05) is 0 Å². The van der Waals surface area contributed by atoms with Crippen molar-refractivity contribution in [3.05, 3.63) is 17.8 Å². The number of halogens is 3. The first kappa shape index (κ1) is 18.8. The van der Waals surface area contributed by atoms with Crippen LogP contribution in [0.5, 0.6) is 0 Å². The molecule has 0 aliphatic carbocycles. The molecule has 9 heteroatoms. The van der Waals surface area contributed by atoms with E-state index >= 15 is 0 Å². The maximum absolute atomic E-state index is 13.3. The zero-order valence-electron chi connectivity index (χ0n) is 13.5. The van der Waals surface area contributed by atoms with Crippen LogP contribution in [0.15, 0.2) is 12.1 Å². The van der Waals surface area contributed by atoms with Crippen LogP contribution in [-0.2, 0) is 4.79 Å². The number of amides is 1. The summed E-state index contributed by atoms with van der Waals surface area (Å²) in [6, 6.07) is 3.05. The van der Waals surface area contributed by atoms with Crippen LogP contribution >= 0.6 is 12.4 Å². The molecule has 134 valence electrons. The number of anilines is 1. The number of nitrogens with zero attached hydrogens (tertiary/aromatic N) is 4. The van der Waals surface area contributed by atoms with E-state index in [1.165, 1.54) is 0 Å². The van der Waals surface area contributed by atoms with Crippen molar-refractivity contribution in [1.29, 1.82) is 0 Å². The molecule has 0 saturated carbocycles. The summed E-state index contributed by atoms with van der Waals surface area (Å²) in [5.74, 6) is -2.22. The van der Waals surface area contributed by atoms with Crippen molar-refractivity contribution in [3.8, 4) is 0 Å². The fourth-order valence-electron chi connectivity index (χ4n) is 3.04. The minimum atomic E-state index is -2.78. The Morgan fingerprint density at radius 2 is 2.04 bits per heavy atom. The zero-order valence-corrected chi connectivity index (χ0v) is 14.4. The van der Waals surface area contributed by atoms with Gasteiger partial charge in [0.1, 0.15) is 0 Å². The van der Waals surface area contributed by atoms with Gasteiger partial charge in [0.2, 0.25) is 5.91 Å². The van der Waals surface area contributed by atoms with Gasteiger partial charge in [0.25, 0.3) is 5.92 Å². The highest BCUT2D eigenvalue weighted by Gasteiger charge is 2.43. The van der Waals surface area contributed by atoms with Crippen molar-refractivity contribution in [2.75, 3.05) is 37.6 Å². The molecule has 6 nitrogen and oxygen atoms in total. The Morgan fingerprint density at radius 1 is 1.25 bits per heavy atom. The fourth-order valence-corrected chi connectivity index (χ4v) is 3.04. The van der Waals surface area contributed by atoms with E-state index in [1.54, 1.807) is 4.90 Å². The van der Waals surface area contributed by atoms with E-state index in [4.69, 9.17) is 0 Å². The van der Waals surface area contributed by atoms with Crippen LogP contribution in [0.4, 0.5) is 14.6 Å². The number of carbonyl (C=O) groups is 1. The maximum Gasteiger partial charge on any atom is 0.262 e. The van der Waals surface area contributed by atoms with Gasteiger partial charge in [-0.3, -0.25) is 10.1 Å². The van der Waals surface area contributed by atoms with Crippen molar-refractivity contribution >= 4 is 24.1 Å². The number of carbonyl (C=O) groups excluding carboxylic acids is 1. The van der Waals surface area contributed by atoms with Crippen LogP contribution < -0.4 is 10.2 Å². The van der Waals surface area contributed by atoms with E-state index in [2.05, 4.69) is 20.4 Å². The largest absolute Gasteiger partial charge is 0.353 e. The standard InChI is InChI=1S/C15H21F2N5O.ClH/c1-11-3-4-13(20-19-11)21-5-2-6-22(8-7-21)14(23)12-9-15(16,17)10-18-12;/h3-4,12,18H,2,5-10H2,1H3;1H. The molecule has 0 aromatic carbocycles. The third-order valence-electron chi connectivity index (χ3n) is 4.32. The molecule has 24 heavy (non-hydrogen) atoms. The van der Waals surface area contributed by atoms with Crippen molar-refractivity contribution in [2.45, 2.75) is 31.7 Å². The van der Waals surface area contributed by atoms with Gasteiger partial charge < -0.3 is 9.80 Å². The summed E-state index contributed by atoms with van der Waals surface area (Å²) in [6.45, 7) is 3.96. The molecule has 2 fully saturated rings. The Hall–Kier alpha value is -1.54. The van der Waals surface area contributed by atoms with Gasteiger partial charge in [0, 0.05) is 32.6 Å². The molecule has 0 spiro atoms. The Bertz CT molecular complexity index is 571. The van der Waals surface area contributed by atoms with E-state index < -0.39 is 24.9 Å². The number of aromatic nitrogens is 2. The average molecular weight is 362 g/mol. The molecule has 1 aromatic heterocycles. The molecule has 1 atom stereocenters. The predicted molar refractivity (Wildman–Crippen MR) is 88.8 cm³/mol. The quantitative estimate of drug-likeness (QED) is 0.859. The van der Waals surface area contributed by atoms with Gasteiger partial charge in [-0.05, 0) is 25.5 Å². The zero-order chi connectivity index (χ0) is 16.4. The normalized spacial score (nSPS) is 23.5. The average Bonchev–Trinajstić information content (AvgIpc) is 2.74. The molecule has 3 heterocycles. The summed E-state index contributed by atoms with van der Waals surface area (Å²) in [5, 5.41) is 10.9. The Labute approximate surface area is 146 Å². The molecule has 1 N–H and O–H groups in total. The molecule has 0 bridgehead atoms. The van der Waals surface area contributed by atoms with E-state index in [9.17, 15) is 13.6 Å². The first-order valence-electron chi connectivity index (χ1n) is 7.90. The molecule has 3 rings (SSSR count). The summed E-state index contributed by atoms with van der Waals surface area (Å²) in [7, 11) is 0. The van der Waals surface area contributed by atoms with Crippen molar-refractivity contribution in [1.82, 2.24) is 20.4 Å². The van der Waals surface area contributed by atoms with E-state index in [0.717, 1.165) is 24.5 Å². The smallest absolute Gasteiger partial charge is 0.262 e. The SMILES string of the molecule is Cc1ccc(N2CCCN(C(=O)C3CC(F)(F)CN3)CC2)nn1.Cl. The lowest BCUT2D eigenvalue weighted by Gasteiger charge is -2.24. The second-order valence-electron chi connectivity index (χ2n) is 6.19. The van der Waals surface area contributed by atoms with Crippen LogP contribution in [-0.4, -0.2) is 65.7 Å². The second kappa shape index (κ2) is 7.57. The second-order valence-corrected chi connectivity index (χ2v) is 6.19. The lowest BCUT2D eigenvalue weighted by atomic mass is 10.1. The highest BCUT2D eigenvalue weighted by Crippen LogP contribution is 2.26. The van der Waals surface area contributed by atoms with Gasteiger partial charge >= 0.3 is 0 Å². The monoisotopic (exact) mass is 361 g/mol. The van der Waals surface area contributed by atoms with Gasteiger partial charge in [0.05, 0.1) is 18.3 Å². The minimum absolute atomic E-state index is 0. The lowest BCUT2D eigenvalue weighted by Crippen LogP contribution is -2.45. The number of hydrogen-bond donors (Lipinski definition) is 1. The number of nitrogens with one attached hydrogen (secondary N) is 1. The third kappa shape index (κ3) is 4.30. The summed E-state index contributed by atoms with van der Waals surface area (Å²) < 4.78 is 26.5. The van der Waals surface area contributed by atoms with E-state index in [1.807, 2.05) is 19.1 Å². The third-order valence-corrected chi connectivity index (χ3v) is 4.32. The van der Waals surface area contributed by atoms with Crippen LogP contribution in [0.3, 0.4) is 0 Å². The molecule has 1 unspecified atom stereocenters. The van der Waals surface area contributed by atoms with Crippen LogP contribution in [0, 0.1) is 6.92 Å². The molecule has 1 aromatic rings. The van der Waals surface area contributed by atoms with Crippen molar-refractivity contribution in [3.63, 3.8) is 0 Å². The number of alkyl halides is 2. The molecule has 0 radical (unpaired) electrons. The minimum Gasteiger partial charge on any atom is -0.353 e. The Kier molecular flexibility index (Phi) is 5.92. The highest BCUT2D eigenvalue weighted by molar-refractivity contribution is 5.85. The Balaban J connectivity index is 0.00000208.